The van der Waals surface area contributed by atoms with Crippen molar-refractivity contribution in [2.75, 3.05) is 19.0 Å². The van der Waals surface area contributed by atoms with Crippen molar-refractivity contribution in [2.24, 2.45) is 5.92 Å². The van der Waals surface area contributed by atoms with Gasteiger partial charge in [0.2, 0.25) is 5.91 Å². The van der Waals surface area contributed by atoms with Gasteiger partial charge in [-0.15, -0.1) is 0 Å². The number of carbonyl (C=O) groups is 1. The molecule has 0 saturated carbocycles. The molecule has 134 valence electrons. The summed E-state index contributed by atoms with van der Waals surface area (Å²) in [6, 6.07) is 9.83. The van der Waals surface area contributed by atoms with Crippen molar-refractivity contribution in [1.29, 1.82) is 0 Å². The van der Waals surface area contributed by atoms with Gasteiger partial charge in [-0.05, 0) is 37.7 Å². The highest BCUT2D eigenvalue weighted by Gasteiger charge is 2.32. The zero-order valence-electron chi connectivity index (χ0n) is 13.7. The van der Waals surface area contributed by atoms with Gasteiger partial charge in [0.1, 0.15) is 0 Å². The third-order valence-corrected chi connectivity index (χ3v) is 6.81. The molecule has 2 rings (SSSR count). The van der Waals surface area contributed by atoms with Gasteiger partial charge < -0.3 is 4.74 Å². The maximum atomic E-state index is 12.5. The van der Waals surface area contributed by atoms with E-state index in [0.29, 0.717) is 38.9 Å². The van der Waals surface area contributed by atoms with E-state index in [-0.39, 0.29) is 5.75 Å². The summed E-state index contributed by atoms with van der Waals surface area (Å²) in [5, 5.41) is 8.46. The first kappa shape index (κ1) is 18.9. The SMILES string of the molecule is O=C(NO)C(CCCc1ccccc1)CS(=O)(=O)C1CCOCC1. The summed E-state index contributed by atoms with van der Waals surface area (Å²) in [4.78, 5) is 11.9. The minimum absolute atomic E-state index is 0.223. The van der Waals surface area contributed by atoms with Crippen molar-refractivity contribution >= 4 is 15.7 Å². The van der Waals surface area contributed by atoms with Crippen molar-refractivity contribution in [3.63, 3.8) is 0 Å². The lowest BCUT2D eigenvalue weighted by Gasteiger charge is -2.24. The number of sulfone groups is 1. The fraction of sp³-hybridized carbons (Fsp3) is 0.588. The Balaban J connectivity index is 1.93. The average Bonchev–Trinajstić information content (AvgIpc) is 2.62. The van der Waals surface area contributed by atoms with Crippen LogP contribution in [-0.2, 0) is 25.8 Å². The third-order valence-electron chi connectivity index (χ3n) is 4.45. The smallest absolute Gasteiger partial charge is 0.247 e. The largest absolute Gasteiger partial charge is 0.381 e. The number of hydrogen-bond acceptors (Lipinski definition) is 5. The Labute approximate surface area is 143 Å². The molecule has 0 spiro atoms. The average molecular weight is 355 g/mol. The summed E-state index contributed by atoms with van der Waals surface area (Å²) >= 11 is 0. The Hall–Kier alpha value is -1.44. The number of benzene rings is 1. The highest BCUT2D eigenvalue weighted by atomic mass is 32.2. The lowest BCUT2D eigenvalue weighted by Crippen LogP contribution is -2.38. The molecule has 0 aromatic heterocycles. The molecule has 1 aromatic carbocycles. The number of aryl methyl sites for hydroxylation is 1. The Morgan fingerprint density at radius 1 is 1.25 bits per heavy atom. The van der Waals surface area contributed by atoms with Crippen LogP contribution in [0.1, 0.15) is 31.2 Å². The number of ether oxygens (including phenoxy) is 1. The number of nitrogens with one attached hydrogen (secondary N) is 1. The number of amides is 1. The molecule has 1 fully saturated rings. The summed E-state index contributed by atoms with van der Waals surface area (Å²) in [5.74, 6) is -1.58. The van der Waals surface area contributed by atoms with E-state index in [1.165, 1.54) is 0 Å². The van der Waals surface area contributed by atoms with Crippen LogP contribution in [0.5, 0.6) is 0 Å². The molecule has 0 bridgehead atoms. The van der Waals surface area contributed by atoms with E-state index in [1.807, 2.05) is 30.3 Å². The van der Waals surface area contributed by atoms with Gasteiger partial charge >= 0.3 is 0 Å². The zero-order valence-corrected chi connectivity index (χ0v) is 14.5. The van der Waals surface area contributed by atoms with Gasteiger partial charge in [-0.25, -0.2) is 13.9 Å². The molecule has 1 amide bonds. The second kappa shape index (κ2) is 9.15. The summed E-state index contributed by atoms with van der Waals surface area (Å²) in [7, 11) is -3.38. The van der Waals surface area contributed by atoms with Gasteiger partial charge in [0.15, 0.2) is 9.84 Å². The maximum Gasteiger partial charge on any atom is 0.247 e. The molecule has 1 saturated heterocycles. The molecule has 1 aliphatic heterocycles. The van der Waals surface area contributed by atoms with E-state index in [0.717, 1.165) is 12.0 Å². The Bertz CT molecular complexity index is 611. The summed E-state index contributed by atoms with van der Waals surface area (Å²) < 4.78 is 30.3. The van der Waals surface area contributed by atoms with Gasteiger partial charge in [0, 0.05) is 13.2 Å². The maximum absolute atomic E-state index is 12.5. The third kappa shape index (κ3) is 5.58. The summed E-state index contributed by atoms with van der Waals surface area (Å²) in [6.07, 6.45) is 2.82. The van der Waals surface area contributed by atoms with Gasteiger partial charge in [0.05, 0.1) is 16.9 Å². The standard InChI is InChI=1S/C17H25NO5S/c19-17(18-20)15(8-4-7-14-5-2-1-3-6-14)13-24(21,22)16-9-11-23-12-10-16/h1-3,5-6,15-16,20H,4,7-13H2,(H,18,19). The predicted molar refractivity (Wildman–Crippen MR) is 90.4 cm³/mol. The van der Waals surface area contributed by atoms with E-state index in [9.17, 15) is 13.2 Å². The first-order chi connectivity index (χ1) is 11.5. The predicted octanol–water partition coefficient (Wildman–Crippen LogP) is 1.72. The molecule has 1 atom stereocenters. The molecule has 2 N–H and O–H groups in total. The van der Waals surface area contributed by atoms with Crippen molar-refractivity contribution in [1.82, 2.24) is 5.48 Å². The second-order valence-electron chi connectivity index (χ2n) is 6.19. The quantitative estimate of drug-likeness (QED) is 0.547. The second-order valence-corrected chi connectivity index (χ2v) is 8.52. The highest BCUT2D eigenvalue weighted by molar-refractivity contribution is 7.92. The molecule has 7 heteroatoms. The van der Waals surface area contributed by atoms with Crippen molar-refractivity contribution in [3.05, 3.63) is 35.9 Å². The molecule has 0 aliphatic carbocycles. The minimum atomic E-state index is -3.38. The van der Waals surface area contributed by atoms with Crippen molar-refractivity contribution < 1.29 is 23.2 Å². The molecule has 1 unspecified atom stereocenters. The minimum Gasteiger partial charge on any atom is -0.381 e. The molecular formula is C17H25NO5S. The van der Waals surface area contributed by atoms with E-state index in [4.69, 9.17) is 9.94 Å². The van der Waals surface area contributed by atoms with Gasteiger partial charge in [-0.2, -0.15) is 0 Å². The summed E-state index contributed by atoms with van der Waals surface area (Å²) in [5.41, 5.74) is 2.76. The molecule has 1 aromatic rings. The topological polar surface area (TPSA) is 92.7 Å². The van der Waals surface area contributed by atoms with Gasteiger partial charge in [0.25, 0.3) is 0 Å². The summed E-state index contributed by atoms with van der Waals surface area (Å²) in [6.45, 7) is 0.879. The Morgan fingerprint density at radius 3 is 2.54 bits per heavy atom. The fourth-order valence-corrected chi connectivity index (χ4v) is 5.09. The first-order valence-electron chi connectivity index (χ1n) is 8.30. The number of hydroxylamine groups is 1. The number of carbonyl (C=O) groups excluding carboxylic acids is 1. The molecule has 1 heterocycles. The van der Waals surface area contributed by atoms with Crippen LogP contribution in [0.3, 0.4) is 0 Å². The van der Waals surface area contributed by atoms with Crippen LogP contribution in [0.15, 0.2) is 30.3 Å². The molecule has 6 nitrogen and oxygen atoms in total. The molecule has 0 radical (unpaired) electrons. The Morgan fingerprint density at radius 2 is 1.92 bits per heavy atom. The Kier molecular flexibility index (Phi) is 7.20. The highest BCUT2D eigenvalue weighted by Crippen LogP contribution is 2.21. The van der Waals surface area contributed by atoms with E-state index >= 15 is 0 Å². The van der Waals surface area contributed by atoms with Crippen LogP contribution < -0.4 is 5.48 Å². The molecule has 1 aliphatic rings. The lowest BCUT2D eigenvalue weighted by atomic mass is 10.0. The monoisotopic (exact) mass is 355 g/mol. The van der Waals surface area contributed by atoms with E-state index in [2.05, 4.69) is 0 Å². The number of hydrogen-bond donors (Lipinski definition) is 2. The van der Waals surface area contributed by atoms with Crippen LogP contribution in [0, 0.1) is 5.92 Å². The molecular weight excluding hydrogens is 330 g/mol. The zero-order chi connectivity index (χ0) is 17.4. The van der Waals surface area contributed by atoms with Crippen LogP contribution >= 0.6 is 0 Å². The van der Waals surface area contributed by atoms with Crippen LogP contribution in [-0.4, -0.2) is 43.7 Å². The normalized spacial score (nSPS) is 17.4. The lowest BCUT2D eigenvalue weighted by molar-refractivity contribution is -0.132. The van der Waals surface area contributed by atoms with Crippen LogP contribution in [0.2, 0.25) is 0 Å². The first-order valence-corrected chi connectivity index (χ1v) is 10.0. The van der Waals surface area contributed by atoms with Gasteiger partial charge in [-0.3, -0.25) is 10.0 Å². The van der Waals surface area contributed by atoms with E-state index < -0.39 is 26.9 Å². The van der Waals surface area contributed by atoms with Crippen LogP contribution in [0.25, 0.3) is 0 Å². The van der Waals surface area contributed by atoms with Crippen LogP contribution in [0.4, 0.5) is 0 Å². The van der Waals surface area contributed by atoms with Crippen molar-refractivity contribution in [2.45, 2.75) is 37.4 Å². The fourth-order valence-electron chi connectivity index (χ4n) is 3.03. The van der Waals surface area contributed by atoms with E-state index in [1.54, 1.807) is 5.48 Å². The van der Waals surface area contributed by atoms with Gasteiger partial charge in [-0.1, -0.05) is 30.3 Å². The number of rotatable bonds is 8. The molecule has 24 heavy (non-hydrogen) atoms. The van der Waals surface area contributed by atoms with Crippen molar-refractivity contribution in [3.8, 4) is 0 Å².